The van der Waals surface area contributed by atoms with E-state index in [-0.39, 0.29) is 11.8 Å². The van der Waals surface area contributed by atoms with Crippen LogP contribution in [0.4, 0.5) is 5.69 Å². The Hall–Kier alpha value is -2.62. The molecule has 0 saturated carbocycles. The normalized spacial score (nSPS) is 10.2. The summed E-state index contributed by atoms with van der Waals surface area (Å²) in [6.07, 6.45) is 1.09. The number of hydrogen-bond acceptors (Lipinski definition) is 2. The summed E-state index contributed by atoms with van der Waals surface area (Å²) in [5, 5.41) is 2.86. The van der Waals surface area contributed by atoms with E-state index in [4.69, 9.17) is 0 Å². The van der Waals surface area contributed by atoms with Gasteiger partial charge in [-0.05, 0) is 31.0 Å². The monoisotopic (exact) mass is 324 g/mol. The molecule has 0 unspecified atom stereocenters. The SMILES string of the molecule is CC(=O)N(CCC(=O)Nc1ccc(C)cc1)CCc1ccccc1. The zero-order valence-corrected chi connectivity index (χ0v) is 14.3. The highest BCUT2D eigenvalue weighted by atomic mass is 16.2. The lowest BCUT2D eigenvalue weighted by molar-refractivity contribution is -0.129. The van der Waals surface area contributed by atoms with Gasteiger partial charge in [-0.3, -0.25) is 9.59 Å². The highest BCUT2D eigenvalue weighted by Crippen LogP contribution is 2.09. The number of aryl methyl sites for hydroxylation is 1. The van der Waals surface area contributed by atoms with E-state index in [1.165, 1.54) is 5.56 Å². The van der Waals surface area contributed by atoms with Crippen molar-refractivity contribution in [1.82, 2.24) is 4.90 Å². The first-order chi connectivity index (χ1) is 11.5. The van der Waals surface area contributed by atoms with Crippen molar-refractivity contribution < 1.29 is 9.59 Å². The van der Waals surface area contributed by atoms with E-state index in [0.29, 0.717) is 19.5 Å². The zero-order valence-electron chi connectivity index (χ0n) is 14.3. The van der Waals surface area contributed by atoms with Crippen molar-refractivity contribution in [3.8, 4) is 0 Å². The molecule has 0 aliphatic heterocycles. The zero-order chi connectivity index (χ0) is 17.4. The molecule has 2 aromatic carbocycles. The van der Waals surface area contributed by atoms with Crippen LogP contribution in [0.25, 0.3) is 0 Å². The van der Waals surface area contributed by atoms with E-state index in [1.807, 2.05) is 61.5 Å². The molecule has 0 aromatic heterocycles. The fourth-order valence-corrected chi connectivity index (χ4v) is 2.43. The van der Waals surface area contributed by atoms with Crippen LogP contribution in [0.5, 0.6) is 0 Å². The Bertz CT molecular complexity index is 666. The lowest BCUT2D eigenvalue weighted by Crippen LogP contribution is -2.33. The van der Waals surface area contributed by atoms with E-state index in [9.17, 15) is 9.59 Å². The third kappa shape index (κ3) is 5.88. The van der Waals surface area contributed by atoms with Crippen molar-refractivity contribution >= 4 is 17.5 Å². The minimum Gasteiger partial charge on any atom is -0.342 e. The summed E-state index contributed by atoms with van der Waals surface area (Å²) < 4.78 is 0. The number of nitrogens with one attached hydrogen (secondary N) is 1. The number of amides is 2. The Balaban J connectivity index is 1.81. The van der Waals surface area contributed by atoms with Gasteiger partial charge in [0, 0.05) is 32.1 Å². The first-order valence-corrected chi connectivity index (χ1v) is 8.20. The lowest BCUT2D eigenvalue weighted by Gasteiger charge is -2.21. The molecule has 0 fully saturated rings. The molecule has 0 aliphatic rings. The molecular weight excluding hydrogens is 300 g/mol. The molecular formula is C20H24N2O2. The predicted octanol–water partition coefficient (Wildman–Crippen LogP) is 3.41. The van der Waals surface area contributed by atoms with Crippen LogP contribution in [0, 0.1) is 6.92 Å². The molecule has 0 saturated heterocycles. The lowest BCUT2D eigenvalue weighted by atomic mass is 10.1. The van der Waals surface area contributed by atoms with Gasteiger partial charge < -0.3 is 10.2 Å². The Morgan fingerprint density at radius 1 is 0.958 bits per heavy atom. The second-order valence-electron chi connectivity index (χ2n) is 5.91. The van der Waals surface area contributed by atoms with Crippen LogP contribution in [0.2, 0.25) is 0 Å². The molecule has 0 heterocycles. The van der Waals surface area contributed by atoms with E-state index >= 15 is 0 Å². The molecule has 2 rings (SSSR count). The van der Waals surface area contributed by atoms with Crippen molar-refractivity contribution in [3.63, 3.8) is 0 Å². The van der Waals surface area contributed by atoms with Gasteiger partial charge in [-0.1, -0.05) is 48.0 Å². The van der Waals surface area contributed by atoms with E-state index in [0.717, 1.165) is 17.7 Å². The molecule has 0 radical (unpaired) electrons. The van der Waals surface area contributed by atoms with Crippen LogP contribution >= 0.6 is 0 Å². The van der Waals surface area contributed by atoms with Gasteiger partial charge in [-0.15, -0.1) is 0 Å². The average Bonchev–Trinajstić information content (AvgIpc) is 2.57. The Kier molecular flexibility index (Phi) is 6.55. The first-order valence-electron chi connectivity index (χ1n) is 8.20. The molecule has 0 atom stereocenters. The van der Waals surface area contributed by atoms with Gasteiger partial charge in [-0.25, -0.2) is 0 Å². The number of nitrogens with zero attached hydrogens (tertiary/aromatic N) is 1. The highest BCUT2D eigenvalue weighted by molar-refractivity contribution is 5.91. The minimum absolute atomic E-state index is 0.00549. The smallest absolute Gasteiger partial charge is 0.226 e. The third-order valence-electron chi connectivity index (χ3n) is 3.90. The summed E-state index contributed by atoms with van der Waals surface area (Å²) in [5.74, 6) is -0.0844. The summed E-state index contributed by atoms with van der Waals surface area (Å²) in [7, 11) is 0. The van der Waals surface area contributed by atoms with Crippen LogP contribution in [-0.2, 0) is 16.0 Å². The van der Waals surface area contributed by atoms with Crippen molar-refractivity contribution in [2.75, 3.05) is 18.4 Å². The standard InChI is InChI=1S/C20H24N2O2/c1-16-8-10-19(11-9-16)21-20(24)13-15-22(17(2)23)14-12-18-6-4-3-5-7-18/h3-11H,12-15H2,1-2H3,(H,21,24). The predicted molar refractivity (Wildman–Crippen MR) is 96.8 cm³/mol. The second-order valence-corrected chi connectivity index (χ2v) is 5.91. The fourth-order valence-electron chi connectivity index (χ4n) is 2.43. The maximum absolute atomic E-state index is 12.0. The fraction of sp³-hybridized carbons (Fsp3) is 0.300. The molecule has 4 heteroatoms. The van der Waals surface area contributed by atoms with E-state index < -0.39 is 0 Å². The van der Waals surface area contributed by atoms with Crippen LogP contribution in [-0.4, -0.2) is 29.8 Å². The number of carbonyl (C=O) groups excluding carboxylic acids is 2. The van der Waals surface area contributed by atoms with Crippen molar-refractivity contribution in [3.05, 3.63) is 65.7 Å². The summed E-state index contributed by atoms with van der Waals surface area (Å²) in [6.45, 7) is 4.60. The van der Waals surface area contributed by atoms with Gasteiger partial charge in [-0.2, -0.15) is 0 Å². The van der Waals surface area contributed by atoms with Crippen LogP contribution in [0.15, 0.2) is 54.6 Å². The maximum Gasteiger partial charge on any atom is 0.226 e. The molecule has 0 aliphatic carbocycles. The first kappa shape index (κ1) is 17.7. The second kappa shape index (κ2) is 8.87. The average molecular weight is 324 g/mol. The summed E-state index contributed by atoms with van der Waals surface area (Å²) in [4.78, 5) is 25.5. The maximum atomic E-state index is 12.0. The van der Waals surface area contributed by atoms with Gasteiger partial charge in [0.1, 0.15) is 0 Å². The van der Waals surface area contributed by atoms with E-state index in [2.05, 4.69) is 5.32 Å². The number of benzene rings is 2. The third-order valence-corrected chi connectivity index (χ3v) is 3.90. The minimum atomic E-state index is -0.0789. The van der Waals surface area contributed by atoms with Crippen LogP contribution < -0.4 is 5.32 Å². The summed E-state index contributed by atoms with van der Waals surface area (Å²) in [5.41, 5.74) is 3.12. The molecule has 0 bridgehead atoms. The Labute approximate surface area is 143 Å². The quantitative estimate of drug-likeness (QED) is 0.848. The van der Waals surface area contributed by atoms with Crippen molar-refractivity contribution in [2.45, 2.75) is 26.7 Å². The van der Waals surface area contributed by atoms with Crippen LogP contribution in [0.1, 0.15) is 24.5 Å². The molecule has 4 nitrogen and oxygen atoms in total. The topological polar surface area (TPSA) is 49.4 Å². The Morgan fingerprint density at radius 3 is 2.25 bits per heavy atom. The Morgan fingerprint density at radius 2 is 1.62 bits per heavy atom. The number of rotatable bonds is 7. The van der Waals surface area contributed by atoms with Gasteiger partial charge in [0.15, 0.2) is 0 Å². The van der Waals surface area contributed by atoms with Gasteiger partial charge >= 0.3 is 0 Å². The summed E-state index contributed by atoms with van der Waals surface area (Å²) >= 11 is 0. The molecule has 2 aromatic rings. The number of anilines is 1. The van der Waals surface area contributed by atoms with Gasteiger partial charge in [0.05, 0.1) is 0 Å². The molecule has 1 N–H and O–H groups in total. The van der Waals surface area contributed by atoms with Crippen molar-refractivity contribution in [2.24, 2.45) is 0 Å². The van der Waals surface area contributed by atoms with E-state index in [1.54, 1.807) is 11.8 Å². The number of hydrogen-bond donors (Lipinski definition) is 1. The van der Waals surface area contributed by atoms with Gasteiger partial charge in [0.25, 0.3) is 0 Å². The van der Waals surface area contributed by atoms with Crippen LogP contribution in [0.3, 0.4) is 0 Å². The van der Waals surface area contributed by atoms with Gasteiger partial charge in [0.2, 0.25) is 11.8 Å². The highest BCUT2D eigenvalue weighted by Gasteiger charge is 2.11. The molecule has 0 spiro atoms. The molecule has 126 valence electrons. The summed E-state index contributed by atoms with van der Waals surface area (Å²) in [6, 6.07) is 17.7. The molecule has 24 heavy (non-hydrogen) atoms. The number of carbonyl (C=O) groups is 2. The van der Waals surface area contributed by atoms with Crippen molar-refractivity contribution in [1.29, 1.82) is 0 Å². The largest absolute Gasteiger partial charge is 0.342 e. The molecule has 2 amide bonds.